The molecule has 1 aliphatic heterocycles. The Balaban J connectivity index is 1.56. The summed E-state index contributed by atoms with van der Waals surface area (Å²) in [6, 6.07) is 0. The molecule has 4 heteroatoms. The van der Waals surface area contributed by atoms with Crippen LogP contribution < -0.4 is 0 Å². The summed E-state index contributed by atoms with van der Waals surface area (Å²) < 4.78 is 6.05. The van der Waals surface area contributed by atoms with Crippen LogP contribution in [0.15, 0.2) is 11.6 Å². The zero-order valence-corrected chi connectivity index (χ0v) is 15.5. The zero-order chi connectivity index (χ0) is 17.8. The van der Waals surface area contributed by atoms with Crippen molar-refractivity contribution in [3.05, 3.63) is 11.6 Å². The smallest absolute Gasteiger partial charge is 0.155 e. The molecule has 4 aliphatic carbocycles. The predicted octanol–water partition coefficient (Wildman–Crippen LogP) is 2.76. The van der Waals surface area contributed by atoms with Crippen LogP contribution in [-0.4, -0.2) is 39.4 Å². The SMILES string of the molecule is CC(O)[C@@]12O[C@@H]1C[C@H]1[C@@H]3CCC4=CC(=O)CC[C@]4(C)[C@@]3(O)CC[C@@]12C. The first kappa shape index (κ1) is 16.5. The lowest BCUT2D eigenvalue weighted by Crippen LogP contribution is -2.64. The number of carbonyl (C=O) groups excluding carboxylic acids is 1. The monoisotopic (exact) mass is 346 g/mol. The Morgan fingerprint density at radius 3 is 2.68 bits per heavy atom. The first-order valence-electron chi connectivity index (χ1n) is 10.0. The van der Waals surface area contributed by atoms with E-state index < -0.39 is 17.3 Å². The summed E-state index contributed by atoms with van der Waals surface area (Å²) in [5.41, 5.74) is -0.255. The van der Waals surface area contributed by atoms with E-state index >= 15 is 0 Å². The van der Waals surface area contributed by atoms with Crippen LogP contribution in [0.25, 0.3) is 0 Å². The third kappa shape index (κ3) is 1.64. The van der Waals surface area contributed by atoms with Gasteiger partial charge in [0.05, 0.1) is 17.8 Å². The van der Waals surface area contributed by atoms with Crippen LogP contribution in [0.5, 0.6) is 0 Å². The van der Waals surface area contributed by atoms with Crippen LogP contribution in [0.3, 0.4) is 0 Å². The summed E-state index contributed by atoms with van der Waals surface area (Å²) in [6.07, 6.45) is 7.34. The van der Waals surface area contributed by atoms with Crippen LogP contribution in [0.2, 0.25) is 0 Å². The lowest BCUT2D eigenvalue weighted by Gasteiger charge is -2.63. The third-order valence-electron chi connectivity index (χ3n) is 9.28. The van der Waals surface area contributed by atoms with Crippen molar-refractivity contribution >= 4 is 5.78 Å². The second kappa shape index (κ2) is 4.58. The predicted molar refractivity (Wildman–Crippen MR) is 92.8 cm³/mol. The topological polar surface area (TPSA) is 70.1 Å². The van der Waals surface area contributed by atoms with Gasteiger partial charge in [0.25, 0.3) is 0 Å². The Kier molecular flexibility index (Phi) is 3.01. The van der Waals surface area contributed by atoms with Crippen molar-refractivity contribution < 1.29 is 19.7 Å². The van der Waals surface area contributed by atoms with Crippen molar-refractivity contribution in [2.75, 3.05) is 0 Å². The maximum Gasteiger partial charge on any atom is 0.155 e. The van der Waals surface area contributed by atoms with Crippen molar-refractivity contribution in [1.82, 2.24) is 0 Å². The molecule has 5 rings (SSSR count). The fraction of sp³-hybridized carbons (Fsp3) is 0.857. The molecule has 8 atom stereocenters. The van der Waals surface area contributed by atoms with E-state index in [0.717, 1.165) is 38.5 Å². The minimum absolute atomic E-state index is 0.0508. The molecular formula is C21H30O4. The van der Waals surface area contributed by atoms with Gasteiger partial charge in [-0.2, -0.15) is 0 Å². The summed E-state index contributed by atoms with van der Waals surface area (Å²) >= 11 is 0. The fourth-order valence-corrected chi connectivity index (χ4v) is 7.75. The molecule has 0 radical (unpaired) electrons. The number of epoxide rings is 1. The molecule has 4 nitrogen and oxygen atoms in total. The Labute approximate surface area is 149 Å². The molecule has 0 aromatic rings. The highest BCUT2D eigenvalue weighted by molar-refractivity contribution is 5.91. The van der Waals surface area contributed by atoms with E-state index in [0.29, 0.717) is 12.3 Å². The zero-order valence-electron chi connectivity index (χ0n) is 15.5. The van der Waals surface area contributed by atoms with E-state index in [1.54, 1.807) is 0 Å². The van der Waals surface area contributed by atoms with E-state index in [9.17, 15) is 15.0 Å². The molecule has 1 heterocycles. The molecule has 4 fully saturated rings. The van der Waals surface area contributed by atoms with Crippen molar-refractivity contribution in [3.8, 4) is 0 Å². The minimum atomic E-state index is -0.724. The highest BCUT2D eigenvalue weighted by Gasteiger charge is 2.80. The standard InChI is InChI=1S/C21H30O4/c1-12(22)21-17(25-21)11-16-15-5-4-13-10-14(23)6-7-18(13,2)20(15,24)9-8-19(16,21)3/h10,12,15-17,22,24H,4-9,11H2,1-3H3/t12?,15-,16-,17+,18-,19-,20+,21+/m0/s1. The van der Waals surface area contributed by atoms with Crippen molar-refractivity contribution in [2.24, 2.45) is 22.7 Å². The van der Waals surface area contributed by atoms with Gasteiger partial charge < -0.3 is 14.9 Å². The molecule has 3 saturated carbocycles. The van der Waals surface area contributed by atoms with Gasteiger partial charge in [-0.05, 0) is 63.4 Å². The van der Waals surface area contributed by atoms with E-state index in [1.807, 2.05) is 13.0 Å². The third-order valence-corrected chi connectivity index (χ3v) is 9.28. The van der Waals surface area contributed by atoms with Gasteiger partial charge in [0.15, 0.2) is 5.78 Å². The van der Waals surface area contributed by atoms with E-state index in [-0.39, 0.29) is 28.6 Å². The number of rotatable bonds is 1. The first-order valence-corrected chi connectivity index (χ1v) is 10.0. The number of carbonyl (C=O) groups is 1. The molecule has 1 saturated heterocycles. The van der Waals surface area contributed by atoms with Crippen molar-refractivity contribution in [1.29, 1.82) is 0 Å². The molecule has 1 unspecified atom stereocenters. The number of hydrogen-bond donors (Lipinski definition) is 2. The molecule has 0 spiro atoms. The summed E-state index contributed by atoms with van der Waals surface area (Å²) in [6.45, 7) is 6.34. The molecule has 0 aromatic heterocycles. The van der Waals surface area contributed by atoms with E-state index in [1.165, 1.54) is 5.57 Å². The Morgan fingerprint density at radius 2 is 1.96 bits per heavy atom. The lowest BCUT2D eigenvalue weighted by atomic mass is 9.44. The average Bonchev–Trinajstić information content (AvgIpc) is 3.23. The van der Waals surface area contributed by atoms with Gasteiger partial charge in [-0.3, -0.25) is 4.79 Å². The number of fused-ring (bicyclic) bond motifs is 7. The number of ether oxygens (including phenoxy) is 1. The second-order valence-corrected chi connectivity index (χ2v) is 9.87. The summed E-state index contributed by atoms with van der Waals surface area (Å²) in [4.78, 5) is 11.9. The largest absolute Gasteiger partial charge is 0.390 e. The van der Waals surface area contributed by atoms with Crippen LogP contribution in [0.4, 0.5) is 0 Å². The average molecular weight is 346 g/mol. The fourth-order valence-electron chi connectivity index (χ4n) is 7.75. The first-order chi connectivity index (χ1) is 11.7. The van der Waals surface area contributed by atoms with Crippen LogP contribution in [-0.2, 0) is 9.53 Å². The number of aliphatic hydroxyl groups excluding tert-OH is 1. The summed E-state index contributed by atoms with van der Waals surface area (Å²) in [5, 5.41) is 22.4. The van der Waals surface area contributed by atoms with Crippen LogP contribution >= 0.6 is 0 Å². The quantitative estimate of drug-likeness (QED) is 0.716. The van der Waals surface area contributed by atoms with Gasteiger partial charge in [-0.1, -0.05) is 19.4 Å². The van der Waals surface area contributed by atoms with Gasteiger partial charge in [0.1, 0.15) is 5.60 Å². The van der Waals surface area contributed by atoms with Gasteiger partial charge in [0.2, 0.25) is 0 Å². The molecule has 0 bridgehead atoms. The Morgan fingerprint density at radius 1 is 1.20 bits per heavy atom. The second-order valence-electron chi connectivity index (χ2n) is 9.87. The molecule has 25 heavy (non-hydrogen) atoms. The number of hydrogen-bond acceptors (Lipinski definition) is 4. The maximum atomic E-state index is 12.0. The highest BCUT2D eigenvalue weighted by Crippen LogP contribution is 2.74. The molecule has 5 aliphatic rings. The molecule has 0 amide bonds. The highest BCUT2D eigenvalue weighted by atomic mass is 16.6. The number of ketones is 1. The van der Waals surface area contributed by atoms with E-state index in [4.69, 9.17) is 4.74 Å². The summed E-state index contributed by atoms with van der Waals surface area (Å²) in [7, 11) is 0. The van der Waals surface area contributed by atoms with Crippen LogP contribution in [0, 0.1) is 22.7 Å². The van der Waals surface area contributed by atoms with Crippen molar-refractivity contribution in [2.45, 2.75) is 89.1 Å². The maximum absolute atomic E-state index is 12.0. The molecule has 0 aromatic carbocycles. The molecular weight excluding hydrogens is 316 g/mol. The minimum Gasteiger partial charge on any atom is -0.390 e. The van der Waals surface area contributed by atoms with Crippen molar-refractivity contribution in [3.63, 3.8) is 0 Å². The van der Waals surface area contributed by atoms with Gasteiger partial charge in [0, 0.05) is 17.3 Å². The number of aliphatic hydroxyl groups is 2. The van der Waals surface area contributed by atoms with Gasteiger partial charge in [-0.15, -0.1) is 0 Å². The molecule has 138 valence electrons. The Bertz CT molecular complexity index is 683. The normalized spacial score (nSPS) is 57.7. The Hall–Kier alpha value is -0.710. The van der Waals surface area contributed by atoms with Gasteiger partial charge in [-0.25, -0.2) is 0 Å². The lowest BCUT2D eigenvalue weighted by molar-refractivity contribution is -0.207. The summed E-state index contributed by atoms with van der Waals surface area (Å²) in [5.74, 6) is 0.864. The van der Waals surface area contributed by atoms with E-state index in [2.05, 4.69) is 13.8 Å². The van der Waals surface area contributed by atoms with Gasteiger partial charge >= 0.3 is 0 Å². The van der Waals surface area contributed by atoms with Crippen LogP contribution in [0.1, 0.15) is 65.7 Å². The molecule has 2 N–H and O–H groups in total.